The molecule has 0 aromatic heterocycles. The molecule has 0 amide bonds. The summed E-state index contributed by atoms with van der Waals surface area (Å²) >= 11 is 0. The van der Waals surface area contributed by atoms with Crippen LogP contribution in [0.4, 0.5) is 0 Å². The highest BCUT2D eigenvalue weighted by Crippen LogP contribution is 2.22. The van der Waals surface area contributed by atoms with E-state index in [0.717, 1.165) is 12.2 Å². The molecule has 1 atom stereocenters. The Morgan fingerprint density at radius 2 is 1.94 bits per heavy atom. The molecule has 1 fully saturated rings. The minimum Gasteiger partial charge on any atom is -0.466 e. The van der Waals surface area contributed by atoms with Crippen LogP contribution in [0.2, 0.25) is 0 Å². The summed E-state index contributed by atoms with van der Waals surface area (Å²) in [4.78, 5) is 21.9. The summed E-state index contributed by atoms with van der Waals surface area (Å²) in [6.45, 7) is 3.60. The summed E-state index contributed by atoms with van der Waals surface area (Å²) in [5.41, 5.74) is 0. The molecule has 0 spiro atoms. The van der Waals surface area contributed by atoms with Crippen molar-refractivity contribution < 1.29 is 28.5 Å². The van der Waals surface area contributed by atoms with Crippen molar-refractivity contribution in [3.8, 4) is 0 Å². The molecule has 0 radical (unpaired) electrons. The van der Waals surface area contributed by atoms with Gasteiger partial charge in [0.25, 0.3) is 0 Å². The smallest absolute Gasteiger partial charge is 0.333 e. The van der Waals surface area contributed by atoms with E-state index in [4.69, 9.17) is 14.2 Å². The van der Waals surface area contributed by atoms with Gasteiger partial charge in [-0.1, -0.05) is 0 Å². The van der Waals surface area contributed by atoms with Crippen molar-refractivity contribution in [2.45, 2.75) is 25.9 Å². The van der Waals surface area contributed by atoms with Gasteiger partial charge in [0.15, 0.2) is 5.79 Å². The lowest BCUT2D eigenvalue weighted by atomic mass is 10.4. The summed E-state index contributed by atoms with van der Waals surface area (Å²) < 4.78 is 19.6. The van der Waals surface area contributed by atoms with Gasteiger partial charge in [0.1, 0.15) is 6.61 Å². The van der Waals surface area contributed by atoms with Crippen LogP contribution in [0.15, 0.2) is 12.2 Å². The minimum absolute atomic E-state index is 0.171. The third-order valence-corrected chi connectivity index (χ3v) is 1.79. The number of carbonyl (C=O) groups is 2. The standard InChI is InChI=1S/C10H14O6/c1-10(2)14-6-9(16-10)15-8(12)5-4-7(11)13-3/h4-5,9H,6H2,1-3H3/b5-4+/t9-/m1/s1. The SMILES string of the molecule is COC(=O)/C=C/C(=O)O[C@H]1COC(C)(C)O1. The van der Waals surface area contributed by atoms with E-state index >= 15 is 0 Å². The predicted octanol–water partition coefficient (Wildman–Crippen LogP) is 0.368. The second-order valence-electron chi connectivity index (χ2n) is 3.55. The summed E-state index contributed by atoms with van der Waals surface area (Å²) in [5.74, 6) is -2.06. The molecule has 0 N–H and O–H groups in total. The van der Waals surface area contributed by atoms with E-state index in [2.05, 4.69) is 4.74 Å². The summed E-state index contributed by atoms with van der Waals surface area (Å²) in [5, 5.41) is 0. The Labute approximate surface area is 93.1 Å². The molecule has 16 heavy (non-hydrogen) atoms. The lowest BCUT2D eigenvalue weighted by molar-refractivity contribution is -0.194. The highest BCUT2D eigenvalue weighted by Gasteiger charge is 2.34. The van der Waals surface area contributed by atoms with Gasteiger partial charge in [-0.2, -0.15) is 0 Å². The average Bonchev–Trinajstić information content (AvgIpc) is 2.54. The average molecular weight is 230 g/mol. The molecule has 0 saturated carbocycles. The zero-order valence-corrected chi connectivity index (χ0v) is 9.39. The third-order valence-electron chi connectivity index (χ3n) is 1.79. The van der Waals surface area contributed by atoms with Crippen LogP contribution < -0.4 is 0 Å². The normalized spacial score (nSPS) is 23.3. The monoisotopic (exact) mass is 230 g/mol. The van der Waals surface area contributed by atoms with Gasteiger partial charge in [-0.05, 0) is 13.8 Å². The Balaban J connectivity index is 2.36. The molecule has 0 unspecified atom stereocenters. The number of ether oxygens (including phenoxy) is 4. The van der Waals surface area contributed by atoms with Crippen molar-refractivity contribution in [2.75, 3.05) is 13.7 Å². The number of carbonyl (C=O) groups excluding carboxylic acids is 2. The fourth-order valence-electron chi connectivity index (χ4n) is 1.08. The van der Waals surface area contributed by atoms with Gasteiger partial charge in [-0.3, -0.25) is 0 Å². The minimum atomic E-state index is -0.753. The number of rotatable bonds is 3. The van der Waals surface area contributed by atoms with Gasteiger partial charge < -0.3 is 18.9 Å². The topological polar surface area (TPSA) is 71.1 Å². The highest BCUT2D eigenvalue weighted by molar-refractivity contribution is 5.91. The Kier molecular flexibility index (Phi) is 4.03. The molecule has 1 heterocycles. The lowest BCUT2D eigenvalue weighted by Crippen LogP contribution is -2.24. The Bertz CT molecular complexity index is 306. The summed E-state index contributed by atoms with van der Waals surface area (Å²) in [6.07, 6.45) is 1.20. The summed E-state index contributed by atoms with van der Waals surface area (Å²) in [7, 11) is 1.22. The second kappa shape index (κ2) is 5.09. The number of methoxy groups -OCH3 is 1. The van der Waals surface area contributed by atoms with E-state index < -0.39 is 24.0 Å². The van der Waals surface area contributed by atoms with E-state index in [1.165, 1.54) is 7.11 Å². The van der Waals surface area contributed by atoms with Crippen molar-refractivity contribution in [3.05, 3.63) is 12.2 Å². The molecule has 0 aromatic carbocycles. The van der Waals surface area contributed by atoms with Crippen molar-refractivity contribution in [1.29, 1.82) is 0 Å². The van der Waals surface area contributed by atoms with Crippen LogP contribution in [0.1, 0.15) is 13.8 Å². The van der Waals surface area contributed by atoms with Crippen LogP contribution in [0.5, 0.6) is 0 Å². The van der Waals surface area contributed by atoms with Crippen LogP contribution in [0.3, 0.4) is 0 Å². The van der Waals surface area contributed by atoms with Gasteiger partial charge in [0, 0.05) is 12.2 Å². The molecule has 6 nitrogen and oxygen atoms in total. The van der Waals surface area contributed by atoms with E-state index in [1.807, 2.05) is 0 Å². The Morgan fingerprint density at radius 3 is 2.44 bits per heavy atom. The molecular formula is C10H14O6. The molecule has 1 rings (SSSR count). The summed E-state index contributed by atoms with van der Waals surface area (Å²) in [6, 6.07) is 0. The molecule has 90 valence electrons. The van der Waals surface area contributed by atoms with Gasteiger partial charge in [-0.25, -0.2) is 9.59 Å². The predicted molar refractivity (Wildman–Crippen MR) is 52.2 cm³/mol. The fourth-order valence-corrected chi connectivity index (χ4v) is 1.08. The van der Waals surface area contributed by atoms with Crippen LogP contribution in [-0.2, 0) is 28.5 Å². The maximum atomic E-state index is 11.2. The first-order chi connectivity index (χ1) is 7.43. The van der Waals surface area contributed by atoms with Crippen molar-refractivity contribution in [1.82, 2.24) is 0 Å². The number of esters is 2. The Morgan fingerprint density at radius 1 is 1.31 bits per heavy atom. The molecule has 0 aliphatic carbocycles. The molecule has 0 aromatic rings. The zero-order valence-electron chi connectivity index (χ0n) is 9.39. The quantitative estimate of drug-likeness (QED) is 0.515. The van der Waals surface area contributed by atoms with E-state index in [1.54, 1.807) is 13.8 Å². The van der Waals surface area contributed by atoms with Crippen LogP contribution in [-0.4, -0.2) is 37.7 Å². The van der Waals surface area contributed by atoms with Gasteiger partial charge >= 0.3 is 11.9 Å². The fraction of sp³-hybridized carbons (Fsp3) is 0.600. The lowest BCUT2D eigenvalue weighted by Gasteiger charge is -2.16. The molecule has 1 aliphatic heterocycles. The van der Waals surface area contributed by atoms with Crippen molar-refractivity contribution in [3.63, 3.8) is 0 Å². The first-order valence-electron chi connectivity index (χ1n) is 4.71. The van der Waals surface area contributed by atoms with Gasteiger partial charge in [0.05, 0.1) is 7.11 Å². The maximum absolute atomic E-state index is 11.2. The number of hydrogen-bond donors (Lipinski definition) is 0. The van der Waals surface area contributed by atoms with Crippen LogP contribution in [0, 0.1) is 0 Å². The molecule has 1 saturated heterocycles. The zero-order chi connectivity index (χ0) is 12.2. The van der Waals surface area contributed by atoms with Crippen molar-refractivity contribution >= 4 is 11.9 Å². The molecule has 0 bridgehead atoms. The Hall–Kier alpha value is -1.40. The van der Waals surface area contributed by atoms with Crippen LogP contribution in [0.25, 0.3) is 0 Å². The first kappa shape index (κ1) is 12.7. The second-order valence-corrected chi connectivity index (χ2v) is 3.55. The molecule has 1 aliphatic rings. The molecule has 6 heteroatoms. The highest BCUT2D eigenvalue weighted by atomic mass is 16.8. The first-order valence-corrected chi connectivity index (χ1v) is 4.71. The third kappa shape index (κ3) is 4.00. The maximum Gasteiger partial charge on any atom is 0.333 e. The van der Waals surface area contributed by atoms with Crippen molar-refractivity contribution in [2.24, 2.45) is 0 Å². The van der Waals surface area contributed by atoms with E-state index in [-0.39, 0.29) is 6.61 Å². The number of hydrogen-bond acceptors (Lipinski definition) is 6. The van der Waals surface area contributed by atoms with Gasteiger partial charge in [0.2, 0.25) is 6.29 Å². The molecular weight excluding hydrogens is 216 g/mol. The largest absolute Gasteiger partial charge is 0.466 e. The van der Waals surface area contributed by atoms with E-state index in [9.17, 15) is 9.59 Å². The van der Waals surface area contributed by atoms with Crippen LogP contribution >= 0.6 is 0 Å². The van der Waals surface area contributed by atoms with E-state index in [0.29, 0.717) is 0 Å². The van der Waals surface area contributed by atoms with Gasteiger partial charge in [-0.15, -0.1) is 0 Å².